The number of para-hydroxylation sites is 1. The van der Waals surface area contributed by atoms with E-state index in [1.165, 1.54) is 5.56 Å². The molecule has 0 aliphatic carbocycles. The third-order valence-corrected chi connectivity index (χ3v) is 5.67. The van der Waals surface area contributed by atoms with Crippen molar-refractivity contribution in [2.24, 2.45) is 0 Å². The third kappa shape index (κ3) is 4.20. The molecule has 0 saturated heterocycles. The van der Waals surface area contributed by atoms with E-state index in [9.17, 15) is 4.79 Å². The van der Waals surface area contributed by atoms with Crippen LogP contribution >= 0.6 is 11.8 Å². The number of ether oxygens (including phenoxy) is 2. The first-order valence-electron chi connectivity index (χ1n) is 9.87. The Balaban J connectivity index is 1.60. The SMILES string of the molecule is COCCCn1c(=O)c2ccccc2n2c(SCCOc3cccc(C)c3)nnc12. The van der Waals surface area contributed by atoms with Crippen LogP contribution in [0, 0.1) is 6.92 Å². The van der Waals surface area contributed by atoms with Crippen LogP contribution in [0.4, 0.5) is 0 Å². The highest BCUT2D eigenvalue weighted by Crippen LogP contribution is 2.22. The first-order valence-corrected chi connectivity index (χ1v) is 10.9. The highest BCUT2D eigenvalue weighted by Gasteiger charge is 2.16. The summed E-state index contributed by atoms with van der Waals surface area (Å²) in [5.41, 5.74) is 1.93. The van der Waals surface area contributed by atoms with Crippen molar-refractivity contribution in [2.45, 2.75) is 25.0 Å². The molecule has 0 bridgehead atoms. The smallest absolute Gasteiger partial charge is 0.262 e. The van der Waals surface area contributed by atoms with Crippen LogP contribution in [-0.2, 0) is 11.3 Å². The van der Waals surface area contributed by atoms with Gasteiger partial charge in [-0.05, 0) is 43.2 Å². The molecular formula is C22H24N4O3S. The van der Waals surface area contributed by atoms with Crippen molar-refractivity contribution in [3.63, 3.8) is 0 Å². The average Bonchev–Trinajstić information content (AvgIpc) is 3.18. The fourth-order valence-electron chi connectivity index (χ4n) is 3.39. The lowest BCUT2D eigenvalue weighted by molar-refractivity contribution is 0.190. The summed E-state index contributed by atoms with van der Waals surface area (Å²) < 4.78 is 14.6. The van der Waals surface area contributed by atoms with Gasteiger partial charge in [-0.2, -0.15) is 0 Å². The van der Waals surface area contributed by atoms with E-state index in [-0.39, 0.29) is 5.56 Å². The minimum atomic E-state index is -0.0547. The number of benzene rings is 2. The minimum Gasteiger partial charge on any atom is -0.493 e. The monoisotopic (exact) mass is 424 g/mol. The Bertz CT molecular complexity index is 1220. The van der Waals surface area contributed by atoms with Crippen LogP contribution in [0.1, 0.15) is 12.0 Å². The number of thioether (sulfide) groups is 1. The van der Waals surface area contributed by atoms with E-state index in [2.05, 4.69) is 10.2 Å². The van der Waals surface area contributed by atoms with Crippen molar-refractivity contribution in [1.82, 2.24) is 19.2 Å². The van der Waals surface area contributed by atoms with E-state index in [4.69, 9.17) is 9.47 Å². The van der Waals surface area contributed by atoms with Crippen molar-refractivity contribution in [3.05, 3.63) is 64.4 Å². The number of hydrogen-bond acceptors (Lipinski definition) is 6. The fourth-order valence-corrected chi connectivity index (χ4v) is 4.15. The first kappa shape index (κ1) is 20.4. The Morgan fingerprint density at radius 2 is 1.93 bits per heavy atom. The largest absolute Gasteiger partial charge is 0.493 e. The molecular weight excluding hydrogens is 400 g/mol. The summed E-state index contributed by atoms with van der Waals surface area (Å²) in [6.07, 6.45) is 0.726. The molecule has 7 nitrogen and oxygen atoms in total. The summed E-state index contributed by atoms with van der Waals surface area (Å²) in [4.78, 5) is 13.0. The minimum absolute atomic E-state index is 0.0547. The van der Waals surface area contributed by atoms with E-state index in [1.54, 1.807) is 23.4 Å². The van der Waals surface area contributed by atoms with Gasteiger partial charge in [0.05, 0.1) is 17.5 Å². The molecule has 0 saturated carbocycles. The highest BCUT2D eigenvalue weighted by molar-refractivity contribution is 7.99. The van der Waals surface area contributed by atoms with Gasteiger partial charge in [-0.1, -0.05) is 36.0 Å². The second-order valence-electron chi connectivity index (χ2n) is 6.95. The number of aryl methyl sites for hydroxylation is 2. The molecule has 0 amide bonds. The number of methoxy groups -OCH3 is 1. The van der Waals surface area contributed by atoms with Gasteiger partial charge >= 0.3 is 0 Å². The van der Waals surface area contributed by atoms with Crippen LogP contribution in [0.2, 0.25) is 0 Å². The van der Waals surface area contributed by atoms with Gasteiger partial charge < -0.3 is 9.47 Å². The Kier molecular flexibility index (Phi) is 6.35. The van der Waals surface area contributed by atoms with Crippen LogP contribution in [0.25, 0.3) is 16.7 Å². The Labute approximate surface area is 178 Å². The van der Waals surface area contributed by atoms with Crippen molar-refractivity contribution in [3.8, 4) is 5.75 Å². The van der Waals surface area contributed by atoms with Crippen LogP contribution in [0.5, 0.6) is 5.75 Å². The van der Waals surface area contributed by atoms with Crippen LogP contribution in [-0.4, -0.2) is 45.2 Å². The summed E-state index contributed by atoms with van der Waals surface area (Å²) in [6.45, 7) is 3.70. The maximum absolute atomic E-state index is 13.0. The molecule has 0 atom stereocenters. The molecule has 30 heavy (non-hydrogen) atoms. The Morgan fingerprint density at radius 1 is 1.07 bits per heavy atom. The van der Waals surface area contributed by atoms with E-state index in [0.717, 1.165) is 22.8 Å². The van der Waals surface area contributed by atoms with Crippen LogP contribution < -0.4 is 10.3 Å². The van der Waals surface area contributed by atoms with E-state index < -0.39 is 0 Å². The second-order valence-corrected chi connectivity index (χ2v) is 8.01. The topological polar surface area (TPSA) is 70.7 Å². The van der Waals surface area contributed by atoms with Crippen LogP contribution in [0.3, 0.4) is 0 Å². The number of rotatable bonds is 9. The molecule has 4 rings (SSSR count). The van der Waals surface area contributed by atoms with Crippen molar-refractivity contribution in [1.29, 1.82) is 0 Å². The third-order valence-electron chi connectivity index (χ3n) is 4.78. The quantitative estimate of drug-likeness (QED) is 0.302. The highest BCUT2D eigenvalue weighted by atomic mass is 32.2. The molecule has 0 fully saturated rings. The molecule has 4 aromatic rings. The van der Waals surface area contributed by atoms with Gasteiger partial charge in [-0.15, -0.1) is 10.2 Å². The first-order chi connectivity index (χ1) is 14.7. The zero-order valence-electron chi connectivity index (χ0n) is 17.1. The molecule has 156 valence electrons. The number of fused-ring (bicyclic) bond motifs is 3. The summed E-state index contributed by atoms with van der Waals surface area (Å²) in [5, 5.41) is 10.1. The number of hydrogen-bond donors (Lipinski definition) is 0. The standard InChI is InChI=1S/C22H24N4O3S/c1-16-7-5-8-17(15-16)29-13-14-30-22-24-23-21-25(11-6-12-28-2)20(27)18-9-3-4-10-19(18)26(21)22/h3-5,7-10,15H,6,11-14H2,1-2H3. The van der Waals surface area contributed by atoms with Gasteiger partial charge in [-0.3, -0.25) is 13.8 Å². The molecule has 0 unspecified atom stereocenters. The molecule has 2 aromatic heterocycles. The predicted molar refractivity (Wildman–Crippen MR) is 119 cm³/mol. The summed E-state index contributed by atoms with van der Waals surface area (Å²) in [7, 11) is 1.66. The molecule has 0 radical (unpaired) electrons. The summed E-state index contributed by atoms with van der Waals surface area (Å²) >= 11 is 1.56. The second kappa shape index (κ2) is 9.32. The zero-order valence-corrected chi connectivity index (χ0v) is 17.9. The molecule has 2 heterocycles. The fraction of sp³-hybridized carbons (Fsp3) is 0.318. The zero-order chi connectivity index (χ0) is 20.9. The lowest BCUT2D eigenvalue weighted by Gasteiger charge is -2.11. The molecule has 0 aliphatic heterocycles. The van der Waals surface area contributed by atoms with Gasteiger partial charge in [0.25, 0.3) is 5.56 Å². The van der Waals surface area contributed by atoms with E-state index in [0.29, 0.717) is 36.7 Å². The Morgan fingerprint density at radius 3 is 2.77 bits per heavy atom. The molecule has 0 N–H and O–H groups in total. The number of aromatic nitrogens is 4. The maximum atomic E-state index is 13.0. The molecule has 0 spiro atoms. The summed E-state index contributed by atoms with van der Waals surface area (Å²) in [6, 6.07) is 15.6. The van der Waals surface area contributed by atoms with E-state index in [1.807, 2.05) is 59.9 Å². The van der Waals surface area contributed by atoms with Crippen molar-refractivity contribution in [2.75, 3.05) is 26.1 Å². The van der Waals surface area contributed by atoms with Crippen LogP contribution in [0.15, 0.2) is 58.5 Å². The van der Waals surface area contributed by atoms with Crippen molar-refractivity contribution < 1.29 is 9.47 Å². The van der Waals surface area contributed by atoms with Gasteiger partial charge in [0.1, 0.15) is 5.75 Å². The lowest BCUT2D eigenvalue weighted by atomic mass is 10.2. The molecule has 0 aliphatic rings. The summed E-state index contributed by atoms with van der Waals surface area (Å²) in [5.74, 6) is 2.13. The van der Waals surface area contributed by atoms with Gasteiger partial charge in [0.2, 0.25) is 5.78 Å². The molecule has 2 aromatic carbocycles. The van der Waals surface area contributed by atoms with Gasteiger partial charge in [0.15, 0.2) is 5.16 Å². The predicted octanol–water partition coefficient (Wildman–Crippen LogP) is 3.56. The Hall–Kier alpha value is -2.84. The van der Waals surface area contributed by atoms with Crippen molar-refractivity contribution >= 4 is 28.4 Å². The lowest BCUT2D eigenvalue weighted by Crippen LogP contribution is -2.24. The van der Waals surface area contributed by atoms with Gasteiger partial charge in [0, 0.05) is 26.0 Å². The van der Waals surface area contributed by atoms with Gasteiger partial charge in [-0.25, -0.2) is 0 Å². The maximum Gasteiger partial charge on any atom is 0.262 e. The van der Waals surface area contributed by atoms with E-state index >= 15 is 0 Å². The average molecular weight is 425 g/mol. The number of nitrogens with zero attached hydrogens (tertiary/aromatic N) is 4. The molecule has 8 heteroatoms. The normalized spacial score (nSPS) is 11.4.